The first-order valence-corrected chi connectivity index (χ1v) is 9.67. The van der Waals surface area contributed by atoms with E-state index < -0.39 is 0 Å². The highest BCUT2D eigenvalue weighted by atomic mass is 16.5. The third-order valence-electron chi connectivity index (χ3n) is 5.37. The first-order chi connectivity index (χ1) is 13.3. The number of aromatic amines is 1. The van der Waals surface area contributed by atoms with Crippen LogP contribution in [0.2, 0.25) is 0 Å². The number of imidazole rings is 1. The summed E-state index contributed by atoms with van der Waals surface area (Å²) in [5.74, 6) is 2.25. The zero-order chi connectivity index (χ0) is 18.1. The van der Waals surface area contributed by atoms with Gasteiger partial charge < -0.3 is 15.0 Å². The normalized spacial score (nSPS) is 20.8. The number of fused-ring (bicyclic) bond motifs is 1. The average Bonchev–Trinajstić information content (AvgIpc) is 3.32. The van der Waals surface area contributed by atoms with Gasteiger partial charge in [0.2, 0.25) is 5.95 Å². The summed E-state index contributed by atoms with van der Waals surface area (Å²) in [7, 11) is 0. The maximum atomic E-state index is 5.61. The van der Waals surface area contributed by atoms with Crippen molar-refractivity contribution in [2.24, 2.45) is 0 Å². The molecule has 2 N–H and O–H groups in total. The van der Waals surface area contributed by atoms with Gasteiger partial charge in [-0.05, 0) is 25.0 Å². The van der Waals surface area contributed by atoms with Gasteiger partial charge in [-0.1, -0.05) is 12.1 Å². The Balaban J connectivity index is 1.12. The summed E-state index contributed by atoms with van der Waals surface area (Å²) < 4.78 is 5.61. The highest BCUT2D eigenvalue weighted by molar-refractivity contribution is 5.74. The molecule has 27 heavy (non-hydrogen) atoms. The third-order valence-corrected chi connectivity index (χ3v) is 5.37. The van der Waals surface area contributed by atoms with E-state index in [1.807, 2.05) is 24.5 Å². The summed E-state index contributed by atoms with van der Waals surface area (Å²) in [6.07, 6.45) is 6.40. The molecule has 7 nitrogen and oxygen atoms in total. The highest BCUT2D eigenvalue weighted by Gasteiger charge is 2.30. The average molecular weight is 364 g/mol. The summed E-state index contributed by atoms with van der Waals surface area (Å²) in [6.45, 7) is 4.56. The molecule has 0 saturated carbocycles. The number of likely N-dealkylation sites (tertiary alicyclic amines) is 1. The van der Waals surface area contributed by atoms with Crippen molar-refractivity contribution in [3.05, 3.63) is 48.0 Å². The predicted molar refractivity (Wildman–Crippen MR) is 104 cm³/mol. The Kier molecular flexibility index (Phi) is 4.47. The lowest BCUT2D eigenvalue weighted by molar-refractivity contribution is 0.120. The molecule has 0 spiro atoms. The quantitative estimate of drug-likeness (QED) is 0.700. The Morgan fingerprint density at radius 2 is 2.04 bits per heavy atom. The Hall–Kier alpha value is -2.51. The number of benzene rings is 1. The number of aromatic nitrogens is 4. The number of ether oxygens (including phenoxy) is 1. The molecule has 0 radical (unpaired) electrons. The SMILES string of the molecule is c1ccc2[nH]c(C3CN(Cc4cnc(NC[C@@H]5CCCO5)nc4)C3)nc2c1. The van der Waals surface area contributed by atoms with Gasteiger partial charge in [0.05, 0.1) is 17.1 Å². The lowest BCUT2D eigenvalue weighted by Crippen LogP contribution is -2.44. The van der Waals surface area contributed by atoms with Gasteiger partial charge in [0.15, 0.2) is 0 Å². The van der Waals surface area contributed by atoms with Gasteiger partial charge in [-0.2, -0.15) is 0 Å². The van der Waals surface area contributed by atoms with Gasteiger partial charge in [-0.25, -0.2) is 15.0 Å². The number of H-pyrrole nitrogens is 1. The molecule has 2 aromatic heterocycles. The molecule has 2 aliphatic heterocycles. The van der Waals surface area contributed by atoms with Crippen LogP contribution >= 0.6 is 0 Å². The van der Waals surface area contributed by atoms with Crippen LogP contribution in [-0.4, -0.2) is 57.2 Å². The van der Waals surface area contributed by atoms with E-state index in [9.17, 15) is 0 Å². The van der Waals surface area contributed by atoms with Crippen molar-refractivity contribution in [2.75, 3.05) is 31.6 Å². The molecule has 2 fully saturated rings. The molecule has 2 aliphatic rings. The smallest absolute Gasteiger partial charge is 0.222 e. The molecule has 0 aliphatic carbocycles. The number of anilines is 1. The van der Waals surface area contributed by atoms with Crippen LogP contribution in [0.4, 0.5) is 5.95 Å². The third kappa shape index (κ3) is 3.65. The topological polar surface area (TPSA) is 79.0 Å². The number of rotatable bonds is 6. The van der Waals surface area contributed by atoms with Gasteiger partial charge in [-0.3, -0.25) is 4.90 Å². The van der Waals surface area contributed by atoms with Crippen LogP contribution in [0.15, 0.2) is 36.7 Å². The molecule has 7 heteroatoms. The Bertz CT molecular complexity index is 863. The van der Waals surface area contributed by atoms with Crippen LogP contribution < -0.4 is 5.32 Å². The van der Waals surface area contributed by atoms with Crippen LogP contribution in [-0.2, 0) is 11.3 Å². The molecular weight excluding hydrogens is 340 g/mol. The van der Waals surface area contributed by atoms with Crippen LogP contribution in [0, 0.1) is 0 Å². The second kappa shape index (κ2) is 7.25. The lowest BCUT2D eigenvalue weighted by Gasteiger charge is -2.38. The summed E-state index contributed by atoms with van der Waals surface area (Å²) in [4.78, 5) is 19.4. The van der Waals surface area contributed by atoms with Crippen LogP contribution in [0.3, 0.4) is 0 Å². The van der Waals surface area contributed by atoms with E-state index in [2.05, 4.69) is 37.3 Å². The summed E-state index contributed by atoms with van der Waals surface area (Å²) in [6, 6.07) is 8.20. The Labute approximate surface area is 158 Å². The standard InChI is InChI=1S/C20H24N6O/c1-2-6-18-17(5-1)24-19(25-18)15-12-26(13-15)11-14-8-21-20(22-9-14)23-10-16-4-3-7-27-16/h1-2,5-6,8-9,15-16H,3-4,7,10-13H2,(H,24,25)(H,21,22,23)/t16-/m0/s1. The first-order valence-electron chi connectivity index (χ1n) is 9.67. The summed E-state index contributed by atoms with van der Waals surface area (Å²) in [5.41, 5.74) is 3.30. The van der Waals surface area contributed by atoms with E-state index in [0.717, 1.165) is 68.0 Å². The summed E-state index contributed by atoms with van der Waals surface area (Å²) in [5, 5.41) is 3.26. The second-order valence-electron chi connectivity index (χ2n) is 7.46. The maximum absolute atomic E-state index is 5.61. The number of para-hydroxylation sites is 2. The Morgan fingerprint density at radius 1 is 1.19 bits per heavy atom. The molecule has 0 amide bonds. The fourth-order valence-corrected chi connectivity index (χ4v) is 3.83. The van der Waals surface area contributed by atoms with Gasteiger partial charge in [0, 0.05) is 56.7 Å². The van der Waals surface area contributed by atoms with E-state index in [1.54, 1.807) is 0 Å². The molecule has 1 atom stereocenters. The largest absolute Gasteiger partial charge is 0.376 e. The number of nitrogens with one attached hydrogen (secondary N) is 2. The van der Waals surface area contributed by atoms with Crippen molar-refractivity contribution in [1.29, 1.82) is 0 Å². The van der Waals surface area contributed by atoms with Gasteiger partial charge in [0.1, 0.15) is 5.82 Å². The molecule has 0 unspecified atom stereocenters. The molecule has 2 saturated heterocycles. The monoisotopic (exact) mass is 364 g/mol. The number of hydrogen-bond acceptors (Lipinski definition) is 6. The van der Waals surface area contributed by atoms with Gasteiger partial charge >= 0.3 is 0 Å². The number of nitrogens with zero attached hydrogens (tertiary/aromatic N) is 4. The lowest BCUT2D eigenvalue weighted by atomic mass is 9.99. The minimum absolute atomic E-state index is 0.296. The van der Waals surface area contributed by atoms with Crippen LogP contribution in [0.25, 0.3) is 11.0 Å². The van der Waals surface area contributed by atoms with E-state index in [4.69, 9.17) is 9.72 Å². The summed E-state index contributed by atoms with van der Waals surface area (Å²) >= 11 is 0. The highest BCUT2D eigenvalue weighted by Crippen LogP contribution is 2.27. The predicted octanol–water partition coefficient (Wildman–Crippen LogP) is 2.54. The van der Waals surface area contributed by atoms with Crippen molar-refractivity contribution in [2.45, 2.75) is 31.4 Å². The first kappa shape index (κ1) is 16.6. The number of hydrogen-bond donors (Lipinski definition) is 2. The van der Waals surface area contributed by atoms with Gasteiger partial charge in [-0.15, -0.1) is 0 Å². The maximum Gasteiger partial charge on any atom is 0.222 e. The van der Waals surface area contributed by atoms with Crippen molar-refractivity contribution >= 4 is 17.0 Å². The van der Waals surface area contributed by atoms with Crippen molar-refractivity contribution in [3.8, 4) is 0 Å². The van der Waals surface area contributed by atoms with Crippen molar-refractivity contribution in [1.82, 2.24) is 24.8 Å². The van der Waals surface area contributed by atoms with E-state index in [-0.39, 0.29) is 0 Å². The fraction of sp³-hybridized carbons (Fsp3) is 0.450. The minimum Gasteiger partial charge on any atom is -0.376 e. The van der Waals surface area contributed by atoms with Crippen LogP contribution in [0.1, 0.15) is 30.1 Å². The second-order valence-corrected chi connectivity index (χ2v) is 7.46. The van der Waals surface area contributed by atoms with Crippen LogP contribution in [0.5, 0.6) is 0 Å². The van der Waals surface area contributed by atoms with E-state index >= 15 is 0 Å². The molecule has 3 aromatic rings. The van der Waals surface area contributed by atoms with E-state index in [0.29, 0.717) is 18.0 Å². The minimum atomic E-state index is 0.296. The van der Waals surface area contributed by atoms with Gasteiger partial charge in [0.25, 0.3) is 0 Å². The molecule has 4 heterocycles. The fourth-order valence-electron chi connectivity index (χ4n) is 3.83. The Morgan fingerprint density at radius 3 is 2.81 bits per heavy atom. The zero-order valence-corrected chi connectivity index (χ0v) is 15.3. The molecular formula is C20H24N6O. The van der Waals surface area contributed by atoms with E-state index in [1.165, 1.54) is 0 Å². The molecule has 5 rings (SSSR count). The van der Waals surface area contributed by atoms with Crippen molar-refractivity contribution in [3.63, 3.8) is 0 Å². The zero-order valence-electron chi connectivity index (χ0n) is 15.3. The molecule has 1 aromatic carbocycles. The molecule has 140 valence electrons. The van der Waals surface area contributed by atoms with Crippen molar-refractivity contribution < 1.29 is 4.74 Å². The molecule has 0 bridgehead atoms.